The zero-order chi connectivity index (χ0) is 18.6. The van der Waals surface area contributed by atoms with Gasteiger partial charge in [0.2, 0.25) is 5.95 Å². The van der Waals surface area contributed by atoms with Crippen molar-refractivity contribution < 1.29 is 4.42 Å². The molecule has 3 aromatic rings. The largest absolute Gasteiger partial charge is 0.472 e. The number of hydrogen-bond acceptors (Lipinski definition) is 6. The third-order valence-electron chi connectivity index (χ3n) is 5.24. The van der Waals surface area contributed by atoms with E-state index in [0.717, 1.165) is 54.9 Å². The van der Waals surface area contributed by atoms with E-state index in [2.05, 4.69) is 16.7 Å². The second-order valence-electron chi connectivity index (χ2n) is 7.49. The van der Waals surface area contributed by atoms with Crippen molar-refractivity contribution in [1.82, 2.24) is 15.3 Å². The Morgan fingerprint density at radius 2 is 1.81 bits per heavy atom. The highest BCUT2D eigenvalue weighted by Gasteiger charge is 2.22. The SMILES string of the molecule is CN(C)c1nc(N[C@H]2CC[C@@H](NCc3ccoc3)CC2)nc2ccccc12. The predicted molar refractivity (Wildman–Crippen MR) is 109 cm³/mol. The number of nitrogens with zero attached hydrogens (tertiary/aromatic N) is 3. The molecule has 6 nitrogen and oxygen atoms in total. The fraction of sp³-hybridized carbons (Fsp3) is 0.429. The van der Waals surface area contributed by atoms with Gasteiger partial charge in [0.15, 0.2) is 0 Å². The van der Waals surface area contributed by atoms with E-state index in [1.54, 1.807) is 12.5 Å². The third-order valence-corrected chi connectivity index (χ3v) is 5.24. The number of hydrogen-bond donors (Lipinski definition) is 2. The molecule has 2 N–H and O–H groups in total. The highest BCUT2D eigenvalue weighted by molar-refractivity contribution is 5.90. The van der Waals surface area contributed by atoms with E-state index in [9.17, 15) is 0 Å². The molecule has 1 aliphatic rings. The summed E-state index contributed by atoms with van der Waals surface area (Å²) in [5.41, 5.74) is 2.19. The number of rotatable bonds is 6. The molecule has 0 atom stereocenters. The van der Waals surface area contributed by atoms with Gasteiger partial charge in [0.25, 0.3) is 0 Å². The van der Waals surface area contributed by atoms with Gasteiger partial charge >= 0.3 is 0 Å². The van der Waals surface area contributed by atoms with Crippen molar-refractivity contribution in [2.45, 2.75) is 44.3 Å². The monoisotopic (exact) mass is 365 g/mol. The van der Waals surface area contributed by atoms with Gasteiger partial charge in [0.1, 0.15) is 5.82 Å². The topological polar surface area (TPSA) is 66.2 Å². The Morgan fingerprint density at radius 1 is 1.04 bits per heavy atom. The van der Waals surface area contributed by atoms with E-state index < -0.39 is 0 Å². The van der Waals surface area contributed by atoms with Crippen LogP contribution in [0.3, 0.4) is 0 Å². The van der Waals surface area contributed by atoms with Gasteiger partial charge in [-0.25, -0.2) is 4.98 Å². The molecule has 1 fully saturated rings. The number of benzene rings is 1. The Hall–Kier alpha value is -2.60. The Bertz CT molecular complexity index is 869. The second kappa shape index (κ2) is 7.96. The zero-order valence-corrected chi connectivity index (χ0v) is 16.0. The molecule has 1 aromatic carbocycles. The van der Waals surface area contributed by atoms with E-state index in [4.69, 9.17) is 14.4 Å². The molecule has 4 rings (SSSR count). The number of aromatic nitrogens is 2. The van der Waals surface area contributed by atoms with E-state index in [1.807, 2.05) is 43.3 Å². The Labute approximate surface area is 160 Å². The van der Waals surface area contributed by atoms with Crippen LogP contribution >= 0.6 is 0 Å². The predicted octanol–water partition coefficient (Wildman–Crippen LogP) is 3.80. The van der Waals surface area contributed by atoms with Gasteiger partial charge in [-0.3, -0.25) is 0 Å². The molecule has 0 spiro atoms. The van der Waals surface area contributed by atoms with E-state index >= 15 is 0 Å². The number of furan rings is 1. The van der Waals surface area contributed by atoms with Crippen molar-refractivity contribution in [3.63, 3.8) is 0 Å². The summed E-state index contributed by atoms with van der Waals surface area (Å²) in [6.45, 7) is 0.874. The Kier molecular flexibility index (Phi) is 5.25. The summed E-state index contributed by atoms with van der Waals surface area (Å²) in [6.07, 6.45) is 8.09. The molecule has 142 valence electrons. The van der Waals surface area contributed by atoms with Crippen molar-refractivity contribution in [2.24, 2.45) is 0 Å². The van der Waals surface area contributed by atoms with Crippen LogP contribution in [0.4, 0.5) is 11.8 Å². The average molecular weight is 365 g/mol. The summed E-state index contributed by atoms with van der Waals surface area (Å²) < 4.78 is 5.13. The quantitative estimate of drug-likeness (QED) is 0.693. The summed E-state index contributed by atoms with van der Waals surface area (Å²) in [7, 11) is 4.05. The Morgan fingerprint density at radius 3 is 2.56 bits per heavy atom. The Balaban J connectivity index is 1.37. The van der Waals surface area contributed by atoms with Gasteiger partial charge in [-0.2, -0.15) is 4.98 Å². The average Bonchev–Trinajstić information content (AvgIpc) is 3.20. The molecule has 0 amide bonds. The van der Waals surface area contributed by atoms with Gasteiger partial charge in [0.05, 0.1) is 18.0 Å². The highest BCUT2D eigenvalue weighted by Crippen LogP contribution is 2.26. The molecule has 27 heavy (non-hydrogen) atoms. The first-order chi connectivity index (χ1) is 13.2. The highest BCUT2D eigenvalue weighted by atomic mass is 16.3. The molecule has 0 saturated heterocycles. The summed E-state index contributed by atoms with van der Waals surface area (Å²) in [6, 6.07) is 11.2. The van der Waals surface area contributed by atoms with Crippen LogP contribution in [0.25, 0.3) is 10.9 Å². The summed E-state index contributed by atoms with van der Waals surface area (Å²) in [5.74, 6) is 1.69. The first-order valence-corrected chi connectivity index (χ1v) is 9.64. The van der Waals surface area contributed by atoms with Crippen LogP contribution < -0.4 is 15.5 Å². The molecule has 2 heterocycles. The van der Waals surface area contributed by atoms with E-state index in [-0.39, 0.29) is 0 Å². The lowest BCUT2D eigenvalue weighted by Crippen LogP contribution is -2.36. The number of nitrogens with one attached hydrogen (secondary N) is 2. The lowest BCUT2D eigenvalue weighted by molar-refractivity contribution is 0.352. The lowest BCUT2D eigenvalue weighted by Gasteiger charge is -2.30. The first-order valence-electron chi connectivity index (χ1n) is 9.64. The van der Waals surface area contributed by atoms with Crippen molar-refractivity contribution in [1.29, 1.82) is 0 Å². The van der Waals surface area contributed by atoms with Crippen molar-refractivity contribution in [3.8, 4) is 0 Å². The van der Waals surface area contributed by atoms with Crippen molar-refractivity contribution in [3.05, 3.63) is 48.4 Å². The molecule has 1 saturated carbocycles. The molecule has 2 aromatic heterocycles. The standard InChI is InChI=1S/C21H27N5O/c1-26(2)20-18-5-3-4-6-19(18)24-21(25-20)23-17-9-7-16(8-10-17)22-13-15-11-12-27-14-15/h3-6,11-12,14,16-17,22H,7-10,13H2,1-2H3,(H,23,24,25)/t16-,17+. The molecular weight excluding hydrogens is 338 g/mol. The van der Waals surface area contributed by atoms with Crippen LogP contribution in [0.2, 0.25) is 0 Å². The second-order valence-corrected chi connectivity index (χ2v) is 7.49. The summed E-state index contributed by atoms with van der Waals surface area (Å²) in [5, 5.41) is 8.28. The molecular formula is C21H27N5O. The number of para-hydroxylation sites is 1. The first kappa shape index (κ1) is 17.8. The van der Waals surface area contributed by atoms with Gasteiger partial charge in [-0.05, 0) is 43.9 Å². The van der Waals surface area contributed by atoms with Crippen LogP contribution in [0.5, 0.6) is 0 Å². The van der Waals surface area contributed by atoms with Crippen LogP contribution in [0.1, 0.15) is 31.2 Å². The van der Waals surface area contributed by atoms with Crippen molar-refractivity contribution in [2.75, 3.05) is 24.3 Å². The number of fused-ring (bicyclic) bond motifs is 1. The molecule has 0 aliphatic heterocycles. The minimum absolute atomic E-state index is 0.424. The summed E-state index contributed by atoms with van der Waals surface area (Å²) >= 11 is 0. The molecule has 0 unspecified atom stereocenters. The molecule has 6 heteroatoms. The maximum absolute atomic E-state index is 5.13. The smallest absolute Gasteiger partial charge is 0.225 e. The molecule has 0 radical (unpaired) electrons. The third kappa shape index (κ3) is 4.22. The van der Waals surface area contributed by atoms with Crippen molar-refractivity contribution >= 4 is 22.7 Å². The van der Waals surface area contributed by atoms with Crippen LogP contribution in [0, 0.1) is 0 Å². The maximum atomic E-state index is 5.13. The summed E-state index contributed by atoms with van der Waals surface area (Å²) in [4.78, 5) is 11.5. The minimum Gasteiger partial charge on any atom is -0.472 e. The lowest BCUT2D eigenvalue weighted by atomic mass is 9.91. The fourth-order valence-electron chi connectivity index (χ4n) is 3.75. The minimum atomic E-state index is 0.424. The normalized spacial score (nSPS) is 19.9. The van der Waals surface area contributed by atoms with Crippen LogP contribution in [-0.2, 0) is 6.54 Å². The van der Waals surface area contributed by atoms with Gasteiger partial charge < -0.3 is 20.0 Å². The van der Waals surface area contributed by atoms with Crippen LogP contribution in [0.15, 0.2) is 47.3 Å². The van der Waals surface area contributed by atoms with Gasteiger partial charge in [-0.1, -0.05) is 12.1 Å². The zero-order valence-electron chi connectivity index (χ0n) is 16.0. The van der Waals surface area contributed by atoms with Crippen LogP contribution in [-0.4, -0.2) is 36.1 Å². The maximum Gasteiger partial charge on any atom is 0.225 e. The fourth-order valence-corrected chi connectivity index (χ4v) is 3.75. The van der Waals surface area contributed by atoms with E-state index in [0.29, 0.717) is 12.1 Å². The number of anilines is 2. The molecule has 0 bridgehead atoms. The van der Waals surface area contributed by atoms with Gasteiger partial charge in [-0.15, -0.1) is 0 Å². The van der Waals surface area contributed by atoms with E-state index in [1.165, 1.54) is 5.56 Å². The van der Waals surface area contributed by atoms with Gasteiger partial charge in [0, 0.05) is 43.7 Å². The molecule has 1 aliphatic carbocycles.